The average molecular weight is 310 g/mol. The molecule has 0 saturated heterocycles. The van der Waals surface area contributed by atoms with Gasteiger partial charge in [-0.25, -0.2) is 9.97 Å². The molecule has 1 N–H and O–H groups in total. The lowest BCUT2D eigenvalue weighted by molar-refractivity contribution is 1.10. The van der Waals surface area contributed by atoms with Gasteiger partial charge in [-0.3, -0.25) is 0 Å². The van der Waals surface area contributed by atoms with E-state index in [9.17, 15) is 0 Å². The van der Waals surface area contributed by atoms with Gasteiger partial charge in [0.25, 0.3) is 0 Å². The summed E-state index contributed by atoms with van der Waals surface area (Å²) in [7, 11) is 0. The van der Waals surface area contributed by atoms with Crippen LogP contribution in [0.4, 0.5) is 5.82 Å². The highest BCUT2D eigenvalue weighted by Gasteiger charge is 1.99. The van der Waals surface area contributed by atoms with Gasteiger partial charge in [-0.05, 0) is 28.1 Å². The standard InChI is InChI=1S/C12H12BrN3S/c13-11-8-14-9-16-12(11)15-6-7-17-10-4-2-1-3-5-10/h1-5,8-9H,6-7H2,(H,14,15,16). The monoisotopic (exact) mass is 309 g/mol. The maximum Gasteiger partial charge on any atom is 0.143 e. The first-order valence-electron chi connectivity index (χ1n) is 5.23. The summed E-state index contributed by atoms with van der Waals surface area (Å²) in [6.45, 7) is 0.870. The fraction of sp³-hybridized carbons (Fsp3) is 0.167. The largest absolute Gasteiger partial charge is 0.368 e. The fourth-order valence-corrected chi connectivity index (χ4v) is 2.45. The van der Waals surface area contributed by atoms with Gasteiger partial charge < -0.3 is 5.32 Å². The van der Waals surface area contributed by atoms with E-state index in [0.29, 0.717) is 0 Å². The molecule has 0 spiro atoms. The lowest BCUT2D eigenvalue weighted by atomic mass is 10.4. The highest BCUT2D eigenvalue weighted by molar-refractivity contribution is 9.10. The molecule has 0 amide bonds. The van der Waals surface area contributed by atoms with Gasteiger partial charge in [0.05, 0.1) is 4.47 Å². The van der Waals surface area contributed by atoms with E-state index in [1.54, 1.807) is 6.20 Å². The molecule has 0 atom stereocenters. The second-order valence-electron chi connectivity index (χ2n) is 3.31. The molecular weight excluding hydrogens is 298 g/mol. The number of rotatable bonds is 5. The van der Waals surface area contributed by atoms with E-state index in [1.807, 2.05) is 17.8 Å². The normalized spacial score (nSPS) is 10.2. The summed E-state index contributed by atoms with van der Waals surface area (Å²) in [6.07, 6.45) is 3.27. The van der Waals surface area contributed by atoms with Crippen LogP contribution in [0.2, 0.25) is 0 Å². The SMILES string of the molecule is Brc1cncnc1NCCSc1ccccc1. The number of anilines is 1. The van der Waals surface area contributed by atoms with Crippen molar-refractivity contribution < 1.29 is 0 Å². The second-order valence-corrected chi connectivity index (χ2v) is 5.33. The zero-order chi connectivity index (χ0) is 11.9. The van der Waals surface area contributed by atoms with Crippen LogP contribution in [0.1, 0.15) is 0 Å². The summed E-state index contributed by atoms with van der Waals surface area (Å²) in [5.41, 5.74) is 0. The number of halogens is 1. The van der Waals surface area contributed by atoms with Crippen LogP contribution in [0, 0.1) is 0 Å². The molecule has 17 heavy (non-hydrogen) atoms. The van der Waals surface area contributed by atoms with Crippen LogP contribution in [0.3, 0.4) is 0 Å². The van der Waals surface area contributed by atoms with Gasteiger partial charge in [0.15, 0.2) is 0 Å². The van der Waals surface area contributed by atoms with E-state index >= 15 is 0 Å². The van der Waals surface area contributed by atoms with Crippen molar-refractivity contribution in [3.05, 3.63) is 47.3 Å². The van der Waals surface area contributed by atoms with Crippen LogP contribution < -0.4 is 5.32 Å². The number of thioether (sulfide) groups is 1. The number of nitrogens with zero attached hydrogens (tertiary/aromatic N) is 2. The number of hydrogen-bond donors (Lipinski definition) is 1. The van der Waals surface area contributed by atoms with Crippen molar-refractivity contribution >= 4 is 33.5 Å². The van der Waals surface area contributed by atoms with Gasteiger partial charge >= 0.3 is 0 Å². The summed E-state index contributed by atoms with van der Waals surface area (Å²) >= 11 is 5.22. The molecule has 0 radical (unpaired) electrons. The van der Waals surface area contributed by atoms with Crippen LogP contribution in [0.15, 0.2) is 52.2 Å². The quantitative estimate of drug-likeness (QED) is 0.678. The Kier molecular flexibility index (Phi) is 4.82. The predicted molar refractivity (Wildman–Crippen MR) is 75.4 cm³/mol. The summed E-state index contributed by atoms with van der Waals surface area (Å²) < 4.78 is 0.893. The zero-order valence-corrected chi connectivity index (χ0v) is 11.5. The first kappa shape index (κ1) is 12.4. The lowest BCUT2D eigenvalue weighted by Crippen LogP contribution is -2.06. The van der Waals surface area contributed by atoms with Gasteiger partial charge in [-0.2, -0.15) is 0 Å². The topological polar surface area (TPSA) is 37.8 Å². The molecule has 1 aromatic carbocycles. The minimum Gasteiger partial charge on any atom is -0.368 e. The summed E-state index contributed by atoms with van der Waals surface area (Å²) in [4.78, 5) is 9.35. The Morgan fingerprint density at radius 3 is 2.82 bits per heavy atom. The molecule has 0 fully saturated rings. The maximum absolute atomic E-state index is 4.14. The van der Waals surface area contributed by atoms with Crippen molar-refractivity contribution in [2.24, 2.45) is 0 Å². The third-order valence-electron chi connectivity index (χ3n) is 2.07. The first-order valence-corrected chi connectivity index (χ1v) is 7.01. The molecule has 2 rings (SSSR count). The van der Waals surface area contributed by atoms with Crippen molar-refractivity contribution in [2.45, 2.75) is 4.90 Å². The highest BCUT2D eigenvalue weighted by Crippen LogP contribution is 2.19. The zero-order valence-electron chi connectivity index (χ0n) is 9.14. The molecule has 0 saturated carbocycles. The Morgan fingerprint density at radius 2 is 2.06 bits per heavy atom. The third kappa shape index (κ3) is 4.02. The van der Waals surface area contributed by atoms with Crippen molar-refractivity contribution in [3.63, 3.8) is 0 Å². The molecule has 0 aliphatic carbocycles. The van der Waals surface area contributed by atoms with E-state index in [1.165, 1.54) is 11.2 Å². The van der Waals surface area contributed by atoms with Crippen molar-refractivity contribution in [1.29, 1.82) is 0 Å². The van der Waals surface area contributed by atoms with E-state index in [4.69, 9.17) is 0 Å². The molecule has 0 aliphatic rings. The van der Waals surface area contributed by atoms with Gasteiger partial charge in [0.2, 0.25) is 0 Å². The maximum atomic E-state index is 4.14. The Labute approximate surface area is 113 Å². The van der Waals surface area contributed by atoms with Crippen LogP contribution in [0.25, 0.3) is 0 Å². The molecule has 1 aromatic heterocycles. The minimum atomic E-state index is 0.841. The minimum absolute atomic E-state index is 0.841. The number of benzene rings is 1. The van der Waals surface area contributed by atoms with Gasteiger partial charge in [0, 0.05) is 23.4 Å². The van der Waals surface area contributed by atoms with Crippen LogP contribution in [-0.4, -0.2) is 22.3 Å². The van der Waals surface area contributed by atoms with E-state index in [0.717, 1.165) is 22.6 Å². The van der Waals surface area contributed by atoms with E-state index in [-0.39, 0.29) is 0 Å². The van der Waals surface area contributed by atoms with Crippen molar-refractivity contribution in [1.82, 2.24) is 9.97 Å². The molecule has 5 heteroatoms. The molecule has 2 aromatic rings. The fourth-order valence-electron chi connectivity index (χ4n) is 1.30. The van der Waals surface area contributed by atoms with Gasteiger partial charge in [-0.1, -0.05) is 18.2 Å². The highest BCUT2D eigenvalue weighted by atomic mass is 79.9. The molecule has 0 unspecified atom stereocenters. The molecule has 88 valence electrons. The Bertz CT molecular complexity index is 464. The average Bonchev–Trinajstić information content (AvgIpc) is 2.38. The van der Waals surface area contributed by atoms with Crippen molar-refractivity contribution in [2.75, 3.05) is 17.6 Å². The van der Waals surface area contributed by atoms with Crippen LogP contribution in [-0.2, 0) is 0 Å². The summed E-state index contributed by atoms with van der Waals surface area (Å²) in [5, 5.41) is 3.26. The molecular formula is C12H12BrN3S. The Balaban J connectivity index is 1.76. The van der Waals surface area contributed by atoms with Gasteiger partial charge in [-0.15, -0.1) is 11.8 Å². The second kappa shape index (κ2) is 6.61. The van der Waals surface area contributed by atoms with E-state index in [2.05, 4.69) is 55.5 Å². The predicted octanol–water partition coefficient (Wildman–Crippen LogP) is 3.44. The lowest BCUT2D eigenvalue weighted by Gasteiger charge is -2.06. The van der Waals surface area contributed by atoms with Crippen LogP contribution in [0.5, 0.6) is 0 Å². The smallest absolute Gasteiger partial charge is 0.143 e. The number of hydrogen-bond acceptors (Lipinski definition) is 4. The number of aromatic nitrogens is 2. The molecule has 0 bridgehead atoms. The molecule has 1 heterocycles. The van der Waals surface area contributed by atoms with E-state index < -0.39 is 0 Å². The molecule has 0 aliphatic heterocycles. The summed E-state index contributed by atoms with van der Waals surface area (Å²) in [5.74, 6) is 1.84. The van der Waals surface area contributed by atoms with Crippen molar-refractivity contribution in [3.8, 4) is 0 Å². The molecule has 3 nitrogen and oxygen atoms in total. The van der Waals surface area contributed by atoms with Gasteiger partial charge in [0.1, 0.15) is 12.1 Å². The number of nitrogens with one attached hydrogen (secondary N) is 1. The Morgan fingerprint density at radius 1 is 1.24 bits per heavy atom. The summed E-state index contributed by atoms with van der Waals surface area (Å²) in [6, 6.07) is 10.4. The van der Waals surface area contributed by atoms with Crippen LogP contribution >= 0.6 is 27.7 Å². The Hall–Kier alpha value is -1.07. The third-order valence-corrected chi connectivity index (χ3v) is 3.67. The first-order chi connectivity index (χ1) is 8.36.